The van der Waals surface area contributed by atoms with Crippen LogP contribution < -0.4 is 20.1 Å². The third kappa shape index (κ3) is 12.2. The lowest BCUT2D eigenvalue weighted by molar-refractivity contribution is -0.137. The maximum Gasteiger partial charge on any atom is 0.418 e. The average molecular weight is 850 g/mol. The van der Waals surface area contributed by atoms with E-state index in [1.807, 2.05) is 0 Å². The van der Waals surface area contributed by atoms with Crippen molar-refractivity contribution in [1.82, 2.24) is 20.6 Å². The summed E-state index contributed by atoms with van der Waals surface area (Å²) in [5.41, 5.74) is -4.49. The molecule has 0 saturated heterocycles. The van der Waals surface area contributed by atoms with E-state index in [2.05, 4.69) is 40.1 Å². The molecule has 0 atom stereocenters. The number of pyridine rings is 2. The Labute approximate surface area is 319 Å². The predicted molar refractivity (Wildman–Crippen MR) is 181 cm³/mol. The lowest BCUT2D eigenvalue weighted by atomic mass is 10.1. The van der Waals surface area contributed by atoms with Crippen LogP contribution in [0.1, 0.15) is 58.8 Å². The number of halogens is 12. The number of aromatic nitrogens is 2. The summed E-state index contributed by atoms with van der Waals surface area (Å²) in [6.45, 7) is -3.66. The second-order valence-corrected chi connectivity index (χ2v) is 11.7. The second-order valence-electron chi connectivity index (χ2n) is 10.9. The van der Waals surface area contributed by atoms with Crippen molar-refractivity contribution in [1.29, 1.82) is 0 Å². The second kappa shape index (κ2) is 19.1. The summed E-state index contributed by atoms with van der Waals surface area (Å²) in [5.74, 6) is -3.47. The Morgan fingerprint density at radius 3 is 1.45 bits per heavy atom. The first kappa shape index (κ1) is 45.2. The molecule has 0 spiro atoms. The molecule has 2 amide bonds. The van der Waals surface area contributed by atoms with Crippen LogP contribution in [0.3, 0.4) is 0 Å². The first-order valence-electron chi connectivity index (χ1n) is 15.6. The van der Waals surface area contributed by atoms with Crippen LogP contribution in [0.25, 0.3) is 21.8 Å². The van der Waals surface area contributed by atoms with Crippen molar-refractivity contribution < 1.29 is 72.6 Å². The number of rotatable bonds is 13. The van der Waals surface area contributed by atoms with E-state index in [1.54, 1.807) is 13.8 Å². The number of carbonyl (C=O) groups is 3. The molecule has 0 saturated carbocycles. The van der Waals surface area contributed by atoms with Gasteiger partial charge < -0.3 is 24.9 Å². The highest BCUT2D eigenvalue weighted by atomic mass is 35.5. The van der Waals surface area contributed by atoms with Gasteiger partial charge in [0.25, 0.3) is 11.8 Å². The molecule has 0 bridgehead atoms. The maximum absolute atomic E-state index is 13.4. The van der Waals surface area contributed by atoms with E-state index in [1.165, 1.54) is 7.11 Å². The van der Waals surface area contributed by atoms with Crippen molar-refractivity contribution in [2.45, 2.75) is 52.3 Å². The fourth-order valence-electron chi connectivity index (χ4n) is 4.55. The summed E-state index contributed by atoms with van der Waals surface area (Å²) in [6, 6.07) is 4.50. The van der Waals surface area contributed by atoms with Gasteiger partial charge >= 0.3 is 25.6 Å². The van der Waals surface area contributed by atoms with Crippen LogP contribution in [0.5, 0.6) is 11.5 Å². The highest BCUT2D eigenvalue weighted by Crippen LogP contribution is 2.41. The minimum Gasteiger partial charge on any atom is -0.435 e. The lowest BCUT2D eigenvalue weighted by Gasteiger charge is -2.15. The molecule has 23 heteroatoms. The molecule has 0 fully saturated rings. The Kier molecular flexibility index (Phi) is 15.4. The van der Waals surface area contributed by atoms with E-state index < -0.39 is 76.7 Å². The molecule has 0 aliphatic carbocycles. The zero-order valence-electron chi connectivity index (χ0n) is 28.8. The van der Waals surface area contributed by atoms with Gasteiger partial charge in [-0.3, -0.25) is 14.4 Å². The molecule has 4 rings (SSSR count). The number of benzene rings is 2. The Morgan fingerprint density at radius 2 is 1.11 bits per heavy atom. The zero-order valence-corrected chi connectivity index (χ0v) is 30.3. The fourth-order valence-corrected chi connectivity index (χ4v) is 5.04. The number of fused-ring (bicyclic) bond motifs is 2. The van der Waals surface area contributed by atoms with Crippen LogP contribution in [0.2, 0.25) is 10.0 Å². The number of ether oxygens (including phenoxy) is 2. The van der Waals surface area contributed by atoms with Gasteiger partial charge in [-0.25, -0.2) is 9.97 Å². The summed E-state index contributed by atoms with van der Waals surface area (Å²) in [4.78, 5) is 47.6. The first-order chi connectivity index (χ1) is 26.1. The molecule has 2 aromatic carbocycles. The van der Waals surface area contributed by atoms with Crippen LogP contribution in [-0.2, 0) is 22.0 Å². The molecule has 304 valence electrons. The Balaban J connectivity index is 0.000000301. The minimum atomic E-state index is -4.97. The number of alkyl halides is 10. The zero-order chi connectivity index (χ0) is 42.1. The SMILES string of the molecule is CCC(=O)CNC(=O)c1cc(Cl)c2cc(OC(F)F)cc(C(F)(F)F)c2n1.CCC(CNC(=O)c1cc(Cl)c2cc(OC(F)F)cc(C(F)(F)F)c2n1)=NOC. The molecule has 0 unspecified atom stereocenters. The molecule has 2 aromatic heterocycles. The monoisotopic (exact) mass is 849 g/mol. The number of nitrogens with one attached hydrogen (secondary N) is 2. The van der Waals surface area contributed by atoms with Gasteiger partial charge in [0.05, 0.1) is 51.0 Å². The van der Waals surface area contributed by atoms with Gasteiger partial charge in [-0.05, 0) is 42.8 Å². The van der Waals surface area contributed by atoms with Gasteiger partial charge in [-0.15, -0.1) is 0 Å². The van der Waals surface area contributed by atoms with Crippen molar-refractivity contribution >= 4 is 68.3 Å². The Bertz CT molecular complexity index is 2120. The van der Waals surface area contributed by atoms with Crippen LogP contribution in [0, 0.1) is 0 Å². The number of amides is 2. The van der Waals surface area contributed by atoms with Crippen LogP contribution >= 0.6 is 23.2 Å². The third-order valence-corrected chi connectivity index (χ3v) is 7.75. The topological polar surface area (TPSA) is 141 Å². The first-order valence-corrected chi connectivity index (χ1v) is 16.3. The van der Waals surface area contributed by atoms with E-state index in [4.69, 9.17) is 23.2 Å². The van der Waals surface area contributed by atoms with Gasteiger partial charge in [0.2, 0.25) is 0 Å². The summed E-state index contributed by atoms with van der Waals surface area (Å²) in [5, 5.41) is 7.14. The van der Waals surface area contributed by atoms with Gasteiger partial charge in [-0.1, -0.05) is 42.2 Å². The lowest BCUT2D eigenvalue weighted by Crippen LogP contribution is -2.30. The number of Topliss-reactive ketones (excluding diaryl/α,β-unsaturated/α-hetero) is 1. The van der Waals surface area contributed by atoms with Crippen molar-refractivity contribution in [2.75, 3.05) is 20.2 Å². The van der Waals surface area contributed by atoms with Gasteiger partial charge in [0.1, 0.15) is 30.0 Å². The number of hydrogen-bond acceptors (Lipinski definition) is 9. The van der Waals surface area contributed by atoms with Crippen LogP contribution in [-0.4, -0.2) is 66.7 Å². The maximum atomic E-state index is 13.4. The molecule has 2 N–H and O–H groups in total. The molecule has 0 aliphatic heterocycles. The van der Waals surface area contributed by atoms with Crippen molar-refractivity contribution in [3.8, 4) is 11.5 Å². The highest BCUT2D eigenvalue weighted by molar-refractivity contribution is 6.36. The van der Waals surface area contributed by atoms with Gasteiger partial charge in [0, 0.05) is 17.2 Å². The van der Waals surface area contributed by atoms with Crippen molar-refractivity contribution in [3.63, 3.8) is 0 Å². The molecule has 4 aromatic rings. The highest BCUT2D eigenvalue weighted by Gasteiger charge is 2.36. The fraction of sp³-hybridized carbons (Fsp3) is 0.333. The molecule has 0 aliphatic rings. The molecular formula is C33H27Cl2F10N5O6. The van der Waals surface area contributed by atoms with Crippen molar-refractivity contribution in [2.24, 2.45) is 5.16 Å². The van der Waals surface area contributed by atoms with Crippen LogP contribution in [0.15, 0.2) is 41.6 Å². The minimum absolute atomic E-state index is 0.0200. The standard InChI is InChI=1S/C17H15ClF5N3O3.C16H12ClF5N2O3/c1-3-8(26-28-2)7-24-15(27)13-6-12(18)10-4-9(29-16(19)20)5-11(14(10)25-13)17(21,22)23;1-2-7(25)6-23-14(26)12-5-11(17)9-3-8(27-15(18)19)4-10(13(9)24-12)16(20,21)22/h4-6,16H,3,7H2,1-2H3,(H,24,27);3-5,15H,2,6H2,1H3,(H,23,26). The molecule has 56 heavy (non-hydrogen) atoms. The molecular weight excluding hydrogens is 823 g/mol. The van der Waals surface area contributed by atoms with Gasteiger partial charge in [0.15, 0.2) is 5.78 Å². The summed E-state index contributed by atoms with van der Waals surface area (Å²) in [6.07, 6.45) is -9.29. The summed E-state index contributed by atoms with van der Waals surface area (Å²) < 4.78 is 138. The third-order valence-electron chi connectivity index (χ3n) is 7.12. The normalized spacial score (nSPS) is 12.1. The summed E-state index contributed by atoms with van der Waals surface area (Å²) in [7, 11) is 1.33. The van der Waals surface area contributed by atoms with E-state index in [-0.39, 0.29) is 51.8 Å². The van der Waals surface area contributed by atoms with E-state index >= 15 is 0 Å². The number of carbonyl (C=O) groups excluding carboxylic acids is 3. The number of nitrogens with zero attached hydrogens (tertiary/aromatic N) is 3. The Hall–Kier alpha value is -5.18. The van der Waals surface area contributed by atoms with Gasteiger partial charge in [-0.2, -0.15) is 43.9 Å². The number of hydrogen-bond donors (Lipinski definition) is 2. The molecule has 2 heterocycles. The predicted octanol–water partition coefficient (Wildman–Crippen LogP) is 8.87. The Morgan fingerprint density at radius 1 is 0.696 bits per heavy atom. The van der Waals surface area contributed by atoms with Crippen LogP contribution in [0.4, 0.5) is 43.9 Å². The quantitative estimate of drug-likeness (QED) is 0.0773. The number of oxime groups is 1. The van der Waals surface area contributed by atoms with E-state index in [0.717, 1.165) is 24.3 Å². The van der Waals surface area contributed by atoms with Crippen molar-refractivity contribution in [3.05, 3.63) is 69.0 Å². The smallest absolute Gasteiger partial charge is 0.418 e. The summed E-state index contributed by atoms with van der Waals surface area (Å²) >= 11 is 11.9. The van der Waals surface area contributed by atoms with E-state index in [9.17, 15) is 58.3 Å². The largest absolute Gasteiger partial charge is 0.435 e. The molecule has 0 radical (unpaired) electrons. The number of ketones is 1. The average Bonchev–Trinajstić information content (AvgIpc) is 3.10. The van der Waals surface area contributed by atoms with E-state index in [0.29, 0.717) is 24.3 Å². The molecule has 11 nitrogen and oxygen atoms in total.